The molecule has 4 rings (SSSR count). The fourth-order valence-electron chi connectivity index (χ4n) is 3.87. The maximum absolute atomic E-state index is 13.5. The van der Waals surface area contributed by atoms with Gasteiger partial charge < -0.3 is 9.47 Å². The molecule has 1 aromatic heterocycles. The molecule has 0 saturated carbocycles. The maximum Gasteiger partial charge on any atom is 0.297 e. The molecule has 0 N–H and O–H groups in total. The van der Waals surface area contributed by atoms with Crippen LogP contribution in [0.5, 0.6) is 11.5 Å². The minimum atomic E-state index is -1.25. The number of nitrogens with zero attached hydrogens (tertiary/aromatic N) is 2. The first-order valence-electron chi connectivity index (χ1n) is 10.1. The number of carbonyl (C=O) groups is 3. The molecule has 1 aliphatic rings. The number of amides is 1. The molecule has 0 aliphatic carbocycles. The van der Waals surface area contributed by atoms with Crippen molar-refractivity contribution >= 4 is 45.5 Å². The van der Waals surface area contributed by atoms with Gasteiger partial charge in [0.05, 0.1) is 26.0 Å². The van der Waals surface area contributed by atoms with E-state index in [1.807, 2.05) is 13.8 Å². The van der Waals surface area contributed by atoms with Gasteiger partial charge in [0.2, 0.25) is 5.78 Å². The number of ether oxygens (including phenoxy) is 2. The number of halogens is 1. The van der Waals surface area contributed by atoms with Crippen LogP contribution in [0.1, 0.15) is 32.5 Å². The van der Waals surface area contributed by atoms with Gasteiger partial charge in [0.15, 0.2) is 22.4 Å². The third-order valence-corrected chi connectivity index (χ3v) is 7.01. The fourth-order valence-corrected chi connectivity index (χ4v) is 4.94. The molecule has 1 aliphatic heterocycles. The van der Waals surface area contributed by atoms with E-state index in [0.29, 0.717) is 32.8 Å². The normalized spacial score (nSPS) is 18.0. The van der Waals surface area contributed by atoms with Crippen molar-refractivity contribution in [1.29, 1.82) is 0 Å². The van der Waals surface area contributed by atoms with Gasteiger partial charge in [0.25, 0.3) is 5.91 Å². The highest BCUT2D eigenvalue weighted by Crippen LogP contribution is 2.44. The van der Waals surface area contributed by atoms with Crippen molar-refractivity contribution in [3.63, 3.8) is 0 Å². The van der Waals surface area contributed by atoms with Crippen LogP contribution in [-0.4, -0.2) is 36.7 Å². The van der Waals surface area contributed by atoms with Gasteiger partial charge >= 0.3 is 0 Å². The molecule has 2 heterocycles. The number of anilines is 1. The number of rotatable bonds is 6. The van der Waals surface area contributed by atoms with Crippen LogP contribution >= 0.6 is 22.9 Å². The number of ketones is 2. The predicted octanol–water partition coefficient (Wildman–Crippen LogP) is 4.59. The summed E-state index contributed by atoms with van der Waals surface area (Å²) in [4.78, 5) is 46.7. The van der Waals surface area contributed by atoms with E-state index in [1.54, 1.807) is 42.5 Å². The lowest BCUT2D eigenvalue weighted by Crippen LogP contribution is -2.30. The lowest BCUT2D eigenvalue weighted by atomic mass is 9.86. The van der Waals surface area contributed by atoms with Crippen molar-refractivity contribution in [3.05, 3.63) is 69.2 Å². The van der Waals surface area contributed by atoms with Crippen molar-refractivity contribution in [2.75, 3.05) is 19.1 Å². The Hall–Kier alpha value is -3.23. The van der Waals surface area contributed by atoms with Crippen molar-refractivity contribution in [2.45, 2.75) is 19.9 Å². The van der Waals surface area contributed by atoms with Crippen LogP contribution < -0.4 is 14.4 Å². The van der Waals surface area contributed by atoms with Crippen molar-refractivity contribution in [3.8, 4) is 11.5 Å². The minimum absolute atomic E-state index is 0.296. The van der Waals surface area contributed by atoms with Crippen LogP contribution in [0.4, 0.5) is 5.13 Å². The predicted molar refractivity (Wildman–Crippen MR) is 126 cm³/mol. The van der Waals surface area contributed by atoms with E-state index < -0.39 is 29.4 Å². The summed E-state index contributed by atoms with van der Waals surface area (Å²) in [6.45, 7) is 3.72. The first-order valence-corrected chi connectivity index (χ1v) is 11.3. The summed E-state index contributed by atoms with van der Waals surface area (Å²) in [5, 5.41) is 0.835. The molecule has 1 amide bonds. The second-order valence-electron chi connectivity index (χ2n) is 7.59. The summed E-state index contributed by atoms with van der Waals surface area (Å²) in [6, 6.07) is 10.4. The van der Waals surface area contributed by atoms with Crippen LogP contribution in [0, 0.1) is 19.8 Å². The summed E-state index contributed by atoms with van der Waals surface area (Å²) in [6.07, 6.45) is 0. The molecule has 2 aromatic carbocycles. The Balaban J connectivity index is 1.89. The minimum Gasteiger partial charge on any atom is -0.493 e. The Labute approximate surface area is 199 Å². The second-order valence-corrected chi connectivity index (χ2v) is 9.20. The monoisotopic (exact) mass is 484 g/mol. The van der Waals surface area contributed by atoms with E-state index in [9.17, 15) is 14.4 Å². The highest BCUT2D eigenvalue weighted by Gasteiger charge is 2.53. The van der Waals surface area contributed by atoms with E-state index in [1.165, 1.54) is 30.5 Å². The zero-order valence-corrected chi connectivity index (χ0v) is 20.0. The van der Waals surface area contributed by atoms with Gasteiger partial charge in [-0.15, -0.1) is 11.3 Å². The smallest absolute Gasteiger partial charge is 0.297 e. The molecule has 9 heteroatoms. The largest absolute Gasteiger partial charge is 0.493 e. The number of hydrogen-bond donors (Lipinski definition) is 0. The Morgan fingerprint density at radius 2 is 1.70 bits per heavy atom. The van der Waals surface area contributed by atoms with E-state index in [2.05, 4.69) is 4.98 Å². The molecule has 7 nitrogen and oxygen atoms in total. The van der Waals surface area contributed by atoms with Crippen molar-refractivity contribution in [1.82, 2.24) is 4.98 Å². The fraction of sp³-hybridized carbons (Fsp3) is 0.250. The van der Waals surface area contributed by atoms with E-state index in [-0.39, 0.29) is 0 Å². The van der Waals surface area contributed by atoms with Gasteiger partial charge in [0, 0.05) is 15.5 Å². The molecule has 33 heavy (non-hydrogen) atoms. The first kappa shape index (κ1) is 22.9. The number of methoxy groups -OCH3 is 2. The first-order chi connectivity index (χ1) is 15.8. The third-order valence-electron chi connectivity index (χ3n) is 5.69. The molecule has 2 unspecified atom stereocenters. The average molecular weight is 485 g/mol. The van der Waals surface area contributed by atoms with Gasteiger partial charge in [-0.05, 0) is 55.8 Å². The third kappa shape index (κ3) is 4.00. The summed E-state index contributed by atoms with van der Waals surface area (Å²) < 4.78 is 10.7. The zero-order chi connectivity index (χ0) is 23.9. The van der Waals surface area contributed by atoms with Crippen LogP contribution in [-0.2, 0) is 9.59 Å². The molecule has 0 spiro atoms. The Morgan fingerprint density at radius 1 is 1.03 bits per heavy atom. The molecule has 3 aromatic rings. The van der Waals surface area contributed by atoms with Crippen molar-refractivity contribution in [2.24, 2.45) is 5.92 Å². The molecule has 170 valence electrons. The molecule has 0 radical (unpaired) electrons. The number of carbonyl (C=O) groups excluding carboxylic acids is 3. The average Bonchev–Trinajstić information content (AvgIpc) is 3.28. The molecule has 2 atom stereocenters. The van der Waals surface area contributed by atoms with E-state index in [0.717, 1.165) is 10.6 Å². The van der Waals surface area contributed by atoms with Crippen LogP contribution in [0.3, 0.4) is 0 Å². The highest BCUT2D eigenvalue weighted by molar-refractivity contribution is 7.16. The van der Waals surface area contributed by atoms with Crippen molar-refractivity contribution < 1.29 is 23.9 Å². The summed E-state index contributed by atoms with van der Waals surface area (Å²) >= 11 is 7.26. The number of benzene rings is 2. The molecule has 0 bridgehead atoms. The standard InChI is InChI=1S/C24H21ClN2O5S/c1-12-13(2)33-24(26-12)27-20(15-7-10-17(31-3)18(11-15)32-4)19(22(29)23(27)30)21(28)14-5-8-16(25)9-6-14/h5-11,19-20H,1-4H3. The van der Waals surface area contributed by atoms with E-state index in [4.69, 9.17) is 21.1 Å². The number of aromatic nitrogens is 1. The van der Waals surface area contributed by atoms with Gasteiger partial charge in [0.1, 0.15) is 5.92 Å². The van der Waals surface area contributed by atoms with Crippen LogP contribution in [0.15, 0.2) is 42.5 Å². The lowest BCUT2D eigenvalue weighted by Gasteiger charge is -2.26. The molecular weight excluding hydrogens is 464 g/mol. The summed E-state index contributed by atoms with van der Waals surface area (Å²) in [5.41, 5.74) is 1.61. The maximum atomic E-state index is 13.5. The SMILES string of the molecule is COc1ccc(C2C(C(=O)c3ccc(Cl)cc3)C(=O)C(=O)N2c2nc(C)c(C)s2)cc1OC. The van der Waals surface area contributed by atoms with Gasteiger partial charge in [-0.1, -0.05) is 17.7 Å². The Bertz CT molecular complexity index is 1230. The number of thiazole rings is 1. The number of Topliss-reactive ketones (excluding diaryl/α,β-unsaturated/α-hetero) is 2. The quantitative estimate of drug-likeness (QED) is 0.289. The topological polar surface area (TPSA) is 85.8 Å². The second kappa shape index (κ2) is 8.96. The van der Waals surface area contributed by atoms with Crippen LogP contribution in [0.2, 0.25) is 5.02 Å². The lowest BCUT2D eigenvalue weighted by molar-refractivity contribution is -0.135. The highest BCUT2D eigenvalue weighted by atomic mass is 35.5. The molecule has 1 saturated heterocycles. The zero-order valence-electron chi connectivity index (χ0n) is 18.4. The molecule has 1 fully saturated rings. The van der Waals surface area contributed by atoms with Gasteiger partial charge in [-0.3, -0.25) is 19.3 Å². The Kier molecular flexibility index (Phi) is 6.23. The van der Waals surface area contributed by atoms with Gasteiger partial charge in [-0.25, -0.2) is 4.98 Å². The molecular formula is C24H21ClN2O5S. The van der Waals surface area contributed by atoms with Crippen LogP contribution in [0.25, 0.3) is 0 Å². The Morgan fingerprint density at radius 3 is 2.27 bits per heavy atom. The number of hydrogen-bond acceptors (Lipinski definition) is 7. The van der Waals surface area contributed by atoms with Gasteiger partial charge in [-0.2, -0.15) is 0 Å². The summed E-state index contributed by atoms with van der Waals surface area (Å²) in [7, 11) is 3.01. The van der Waals surface area contributed by atoms with E-state index >= 15 is 0 Å². The number of aryl methyl sites for hydroxylation is 2. The summed E-state index contributed by atoms with van der Waals surface area (Å²) in [5.74, 6) is -2.34.